The van der Waals surface area contributed by atoms with Crippen LogP contribution in [0.4, 0.5) is 0 Å². The van der Waals surface area contributed by atoms with Crippen LogP contribution < -0.4 is 5.32 Å². The molecule has 0 aromatic rings. The third-order valence-electron chi connectivity index (χ3n) is 1.30. The van der Waals surface area contributed by atoms with E-state index in [1.165, 1.54) is 6.92 Å². The van der Waals surface area contributed by atoms with E-state index in [0.717, 1.165) is 0 Å². The van der Waals surface area contributed by atoms with Gasteiger partial charge in [0.2, 0.25) is 5.91 Å². The van der Waals surface area contributed by atoms with Gasteiger partial charge in [0, 0.05) is 11.7 Å². The van der Waals surface area contributed by atoms with Crippen molar-refractivity contribution in [3.8, 4) is 0 Å². The van der Waals surface area contributed by atoms with E-state index < -0.39 is 16.8 Å². The van der Waals surface area contributed by atoms with E-state index >= 15 is 0 Å². The zero-order valence-electron chi connectivity index (χ0n) is 7.29. The molecule has 0 saturated heterocycles. The first kappa shape index (κ1) is 11.3. The zero-order chi connectivity index (χ0) is 9.94. The fourth-order valence-electron chi connectivity index (χ4n) is 0.744. The van der Waals surface area contributed by atoms with Gasteiger partial charge in [-0.25, -0.2) is 4.79 Å². The average molecular weight is 191 g/mol. The Hall–Kier alpha value is -0.710. The van der Waals surface area contributed by atoms with Gasteiger partial charge in [-0.2, -0.15) is 12.6 Å². The van der Waals surface area contributed by atoms with Gasteiger partial charge in [0.1, 0.15) is 6.04 Å². The van der Waals surface area contributed by atoms with Crippen molar-refractivity contribution in [1.82, 2.24) is 5.32 Å². The molecule has 4 nitrogen and oxygen atoms in total. The number of amides is 1. The van der Waals surface area contributed by atoms with Crippen molar-refractivity contribution in [1.29, 1.82) is 0 Å². The maximum absolute atomic E-state index is 10.6. The Morgan fingerprint density at radius 3 is 2.00 bits per heavy atom. The van der Waals surface area contributed by atoms with Gasteiger partial charge in [0.05, 0.1) is 0 Å². The molecule has 0 radical (unpaired) electrons. The van der Waals surface area contributed by atoms with Crippen molar-refractivity contribution < 1.29 is 14.7 Å². The number of hydrogen-bond donors (Lipinski definition) is 3. The average Bonchev–Trinajstić information content (AvgIpc) is 1.79. The summed E-state index contributed by atoms with van der Waals surface area (Å²) in [5.74, 6) is -1.45. The molecule has 0 saturated carbocycles. The minimum absolute atomic E-state index is 0.371. The third-order valence-corrected chi connectivity index (χ3v) is 1.56. The van der Waals surface area contributed by atoms with Crippen LogP contribution in [0.5, 0.6) is 0 Å². The molecule has 0 unspecified atom stereocenters. The monoisotopic (exact) mass is 191 g/mol. The van der Waals surface area contributed by atoms with Crippen LogP contribution in [-0.2, 0) is 9.59 Å². The van der Waals surface area contributed by atoms with Crippen molar-refractivity contribution in [2.24, 2.45) is 0 Å². The van der Waals surface area contributed by atoms with E-state index in [-0.39, 0.29) is 5.91 Å². The molecule has 0 aromatic heterocycles. The summed E-state index contributed by atoms with van der Waals surface area (Å²) in [7, 11) is 0. The highest BCUT2D eigenvalue weighted by Gasteiger charge is 2.32. The van der Waals surface area contributed by atoms with Gasteiger partial charge in [0.25, 0.3) is 0 Å². The molecule has 0 aliphatic heterocycles. The minimum atomic E-state index is -1.08. The summed E-state index contributed by atoms with van der Waals surface area (Å²) in [6, 6.07) is -0.960. The van der Waals surface area contributed by atoms with E-state index in [1.54, 1.807) is 13.8 Å². The standard InChI is InChI=1S/C7H13NO3S/c1-4(9)8-5(6(10)11)7(2,3)12/h5,12H,1-3H3,(H,8,9)(H,10,11)/t5-/m0/s1. The maximum Gasteiger partial charge on any atom is 0.327 e. The lowest BCUT2D eigenvalue weighted by Gasteiger charge is -2.26. The molecule has 0 aliphatic rings. The van der Waals surface area contributed by atoms with Crippen molar-refractivity contribution in [2.75, 3.05) is 0 Å². The van der Waals surface area contributed by atoms with Crippen LogP contribution in [0.3, 0.4) is 0 Å². The molecule has 0 rings (SSSR count). The molecule has 0 aliphatic carbocycles. The molecule has 0 fully saturated rings. The Kier molecular flexibility index (Phi) is 3.57. The van der Waals surface area contributed by atoms with Crippen molar-refractivity contribution in [2.45, 2.75) is 31.6 Å². The van der Waals surface area contributed by atoms with E-state index in [1.807, 2.05) is 0 Å². The quantitative estimate of drug-likeness (QED) is 0.561. The molecular weight excluding hydrogens is 178 g/mol. The minimum Gasteiger partial charge on any atom is -0.480 e. The van der Waals surface area contributed by atoms with Gasteiger partial charge in [-0.05, 0) is 13.8 Å². The van der Waals surface area contributed by atoms with Crippen molar-refractivity contribution in [3.05, 3.63) is 0 Å². The van der Waals surface area contributed by atoms with Gasteiger partial charge in [-0.1, -0.05) is 0 Å². The predicted molar refractivity (Wildman–Crippen MR) is 48.3 cm³/mol. The fraction of sp³-hybridized carbons (Fsp3) is 0.714. The molecule has 0 heterocycles. The second-order valence-electron chi connectivity index (χ2n) is 3.13. The first-order chi connectivity index (χ1) is 5.25. The molecule has 1 amide bonds. The van der Waals surface area contributed by atoms with Gasteiger partial charge >= 0.3 is 5.97 Å². The second-order valence-corrected chi connectivity index (χ2v) is 4.28. The number of thiol groups is 1. The van der Waals surface area contributed by atoms with Crippen LogP contribution >= 0.6 is 12.6 Å². The largest absolute Gasteiger partial charge is 0.480 e. The smallest absolute Gasteiger partial charge is 0.327 e. The Bertz CT molecular complexity index is 197. The van der Waals surface area contributed by atoms with Crippen LogP contribution in [0.25, 0.3) is 0 Å². The first-order valence-corrected chi connectivity index (χ1v) is 3.92. The lowest BCUT2D eigenvalue weighted by molar-refractivity contribution is -0.142. The molecule has 0 bridgehead atoms. The molecule has 5 heteroatoms. The van der Waals surface area contributed by atoms with E-state index in [2.05, 4.69) is 17.9 Å². The number of aliphatic carboxylic acids is 1. The first-order valence-electron chi connectivity index (χ1n) is 3.47. The summed E-state index contributed by atoms with van der Waals surface area (Å²) < 4.78 is -0.766. The maximum atomic E-state index is 10.6. The van der Waals surface area contributed by atoms with Gasteiger partial charge in [-0.15, -0.1) is 0 Å². The number of carboxylic acid groups (broad SMARTS) is 1. The summed E-state index contributed by atoms with van der Waals surface area (Å²) in [5, 5.41) is 11.0. The van der Waals surface area contributed by atoms with Crippen molar-refractivity contribution in [3.63, 3.8) is 0 Å². The topological polar surface area (TPSA) is 66.4 Å². The van der Waals surface area contributed by atoms with Crippen LogP contribution in [0, 0.1) is 0 Å². The highest BCUT2D eigenvalue weighted by atomic mass is 32.1. The number of carbonyl (C=O) groups excluding carboxylic acids is 1. The predicted octanol–water partition coefficient (Wildman–Crippen LogP) is 0.284. The highest BCUT2D eigenvalue weighted by Crippen LogP contribution is 2.17. The second kappa shape index (κ2) is 3.80. The summed E-state index contributed by atoms with van der Waals surface area (Å²) in [6.07, 6.45) is 0. The number of nitrogens with one attached hydrogen (secondary N) is 1. The lowest BCUT2D eigenvalue weighted by Crippen LogP contribution is -2.50. The van der Waals surface area contributed by atoms with Gasteiger partial charge < -0.3 is 10.4 Å². The van der Waals surface area contributed by atoms with E-state index in [9.17, 15) is 9.59 Å². The van der Waals surface area contributed by atoms with Crippen LogP contribution in [0.1, 0.15) is 20.8 Å². The third kappa shape index (κ3) is 3.61. The Labute approximate surface area is 76.8 Å². The molecule has 70 valence electrons. The van der Waals surface area contributed by atoms with E-state index in [0.29, 0.717) is 0 Å². The van der Waals surface area contributed by atoms with E-state index in [4.69, 9.17) is 5.11 Å². The Balaban J connectivity index is 4.46. The molecule has 0 spiro atoms. The summed E-state index contributed by atoms with van der Waals surface area (Å²) >= 11 is 4.07. The molecule has 12 heavy (non-hydrogen) atoms. The summed E-state index contributed by atoms with van der Waals surface area (Å²) in [4.78, 5) is 21.2. The van der Waals surface area contributed by atoms with Gasteiger partial charge in [0.15, 0.2) is 0 Å². The number of rotatable bonds is 3. The number of carboxylic acids is 1. The zero-order valence-corrected chi connectivity index (χ0v) is 8.18. The molecule has 1 atom stereocenters. The summed E-state index contributed by atoms with van der Waals surface area (Å²) in [6.45, 7) is 4.53. The fourth-order valence-corrected chi connectivity index (χ4v) is 0.919. The summed E-state index contributed by atoms with van der Waals surface area (Å²) in [5.41, 5.74) is 0. The molecule has 0 aromatic carbocycles. The number of carbonyl (C=O) groups is 2. The number of hydrogen-bond acceptors (Lipinski definition) is 3. The SMILES string of the molecule is CC(=O)N[C@@H](C(=O)O)C(C)(C)S. The Morgan fingerprint density at radius 1 is 1.50 bits per heavy atom. The van der Waals surface area contributed by atoms with Crippen LogP contribution in [0.2, 0.25) is 0 Å². The normalized spacial score (nSPS) is 13.7. The molecular formula is C7H13NO3S. The highest BCUT2D eigenvalue weighted by molar-refractivity contribution is 7.81. The lowest BCUT2D eigenvalue weighted by atomic mass is 10.0. The van der Waals surface area contributed by atoms with Gasteiger partial charge in [-0.3, -0.25) is 4.79 Å². The van der Waals surface area contributed by atoms with Crippen molar-refractivity contribution >= 4 is 24.5 Å². The van der Waals surface area contributed by atoms with Crippen LogP contribution in [-0.4, -0.2) is 27.8 Å². The molecule has 2 N–H and O–H groups in total. The van der Waals surface area contributed by atoms with Crippen LogP contribution in [0.15, 0.2) is 0 Å². The Morgan fingerprint density at radius 2 is 1.92 bits per heavy atom.